The minimum Gasteiger partial charge on any atom is -0.281 e. The fraction of sp³-hybridized carbons (Fsp3) is 0.316. The van der Waals surface area contributed by atoms with E-state index in [0.29, 0.717) is 5.69 Å². The Morgan fingerprint density at radius 1 is 1.14 bits per heavy atom. The van der Waals surface area contributed by atoms with E-state index in [1.807, 2.05) is 32.0 Å². The molecule has 0 aliphatic heterocycles. The first kappa shape index (κ1) is 19.8. The molecule has 2 heterocycles. The topological polar surface area (TPSA) is 105 Å². The highest BCUT2D eigenvalue weighted by molar-refractivity contribution is 7.92. The van der Waals surface area contributed by atoms with Gasteiger partial charge in [-0.1, -0.05) is 12.1 Å². The van der Waals surface area contributed by atoms with E-state index in [9.17, 15) is 18.0 Å². The first-order chi connectivity index (χ1) is 13.0. The number of aromatic amines is 1. The van der Waals surface area contributed by atoms with Gasteiger partial charge in [-0.2, -0.15) is 0 Å². The number of hydrogen-bond acceptors (Lipinski definition) is 5. The molecule has 0 spiro atoms. The molecule has 2 aromatic heterocycles. The van der Waals surface area contributed by atoms with E-state index < -0.39 is 21.3 Å². The van der Waals surface area contributed by atoms with E-state index in [-0.39, 0.29) is 22.0 Å². The second kappa shape index (κ2) is 6.90. The van der Waals surface area contributed by atoms with Crippen LogP contribution in [0, 0.1) is 13.8 Å². The highest BCUT2D eigenvalue weighted by Gasteiger charge is 2.29. The zero-order valence-electron chi connectivity index (χ0n) is 16.3. The summed E-state index contributed by atoms with van der Waals surface area (Å²) < 4.78 is 29.4. The Bertz CT molecular complexity index is 1290. The lowest BCUT2D eigenvalue weighted by Gasteiger charge is -2.30. The van der Waals surface area contributed by atoms with Gasteiger partial charge in [-0.15, -0.1) is 0 Å². The number of sulfonamides is 1. The number of rotatable bonds is 4. The Balaban J connectivity index is 2.27. The average molecular weight is 402 g/mol. The summed E-state index contributed by atoms with van der Waals surface area (Å²) in [5.41, 5.74) is 1.16. The molecule has 0 atom stereocenters. The van der Waals surface area contributed by atoms with Crippen LogP contribution in [0.1, 0.15) is 25.0 Å². The molecule has 0 aliphatic carbocycles. The number of nitrogens with zero attached hydrogens (tertiary/aromatic N) is 3. The number of H-pyrrole nitrogens is 1. The van der Waals surface area contributed by atoms with Gasteiger partial charge in [0.1, 0.15) is 10.5 Å². The summed E-state index contributed by atoms with van der Waals surface area (Å²) in [6.45, 7) is 7.30. The fourth-order valence-corrected chi connectivity index (χ4v) is 4.80. The van der Waals surface area contributed by atoms with Crippen molar-refractivity contribution in [3.63, 3.8) is 0 Å². The number of fused-ring (bicyclic) bond motifs is 1. The van der Waals surface area contributed by atoms with Gasteiger partial charge in [0.2, 0.25) is 0 Å². The minimum absolute atomic E-state index is 0.0350. The van der Waals surface area contributed by atoms with Crippen LogP contribution in [0.15, 0.2) is 44.9 Å². The summed E-state index contributed by atoms with van der Waals surface area (Å²) in [6.07, 6.45) is 1.18. The van der Waals surface area contributed by atoms with Gasteiger partial charge in [0.25, 0.3) is 15.6 Å². The van der Waals surface area contributed by atoms with Gasteiger partial charge in [-0.05, 0) is 51.0 Å². The van der Waals surface area contributed by atoms with Gasteiger partial charge in [0.05, 0.1) is 11.1 Å². The van der Waals surface area contributed by atoms with Gasteiger partial charge in [0.15, 0.2) is 0 Å². The smallest absolute Gasteiger partial charge is 0.281 e. The molecule has 148 valence electrons. The van der Waals surface area contributed by atoms with Gasteiger partial charge in [0, 0.05) is 19.3 Å². The summed E-state index contributed by atoms with van der Waals surface area (Å²) in [7, 11) is -2.54. The zero-order chi connectivity index (χ0) is 20.8. The molecule has 9 heteroatoms. The largest absolute Gasteiger partial charge is 0.329 e. The fourth-order valence-electron chi connectivity index (χ4n) is 3.11. The third-order valence-electron chi connectivity index (χ3n) is 4.56. The zero-order valence-corrected chi connectivity index (χ0v) is 17.2. The van der Waals surface area contributed by atoms with Crippen molar-refractivity contribution in [1.29, 1.82) is 0 Å². The SMILES string of the molecule is Cc1ccc(C)c(N(C(C)C)S(=O)(=O)c2cnc3c(c2)c(=O)[nH]c(=O)n3C)c1. The Morgan fingerprint density at radius 2 is 1.82 bits per heavy atom. The second-order valence-corrected chi connectivity index (χ2v) is 8.86. The summed E-state index contributed by atoms with van der Waals surface area (Å²) >= 11 is 0. The van der Waals surface area contributed by atoms with E-state index in [1.165, 1.54) is 23.6 Å². The number of nitrogens with one attached hydrogen (secondary N) is 1. The molecule has 3 aromatic rings. The van der Waals surface area contributed by atoms with Crippen molar-refractivity contribution in [2.24, 2.45) is 7.05 Å². The van der Waals surface area contributed by atoms with Crippen LogP contribution in [-0.4, -0.2) is 29.0 Å². The average Bonchev–Trinajstić information content (AvgIpc) is 2.62. The van der Waals surface area contributed by atoms with Crippen LogP contribution >= 0.6 is 0 Å². The van der Waals surface area contributed by atoms with Crippen LogP contribution in [0.5, 0.6) is 0 Å². The number of benzene rings is 1. The number of aromatic nitrogens is 3. The van der Waals surface area contributed by atoms with Crippen molar-refractivity contribution >= 4 is 26.7 Å². The van der Waals surface area contributed by atoms with Crippen LogP contribution < -0.4 is 15.6 Å². The van der Waals surface area contributed by atoms with Gasteiger partial charge >= 0.3 is 5.69 Å². The summed E-state index contributed by atoms with van der Waals surface area (Å²) in [6, 6.07) is 6.50. The lowest BCUT2D eigenvalue weighted by atomic mass is 10.1. The van der Waals surface area contributed by atoms with Gasteiger partial charge in [-0.25, -0.2) is 18.2 Å². The molecule has 0 radical (unpaired) electrons. The molecular weight excluding hydrogens is 380 g/mol. The molecule has 0 fully saturated rings. The Labute approximate surface area is 162 Å². The number of anilines is 1. The molecule has 1 aromatic carbocycles. The third-order valence-corrected chi connectivity index (χ3v) is 6.51. The predicted octanol–water partition coefficient (Wildman–Crippen LogP) is 1.84. The molecule has 0 bridgehead atoms. The number of hydrogen-bond donors (Lipinski definition) is 1. The lowest BCUT2D eigenvalue weighted by molar-refractivity contribution is 0.584. The summed E-state index contributed by atoms with van der Waals surface area (Å²) in [5, 5.41) is 0.0350. The van der Waals surface area contributed by atoms with Crippen molar-refractivity contribution in [2.45, 2.75) is 38.6 Å². The maximum Gasteiger partial charge on any atom is 0.329 e. The first-order valence-electron chi connectivity index (χ1n) is 8.75. The summed E-state index contributed by atoms with van der Waals surface area (Å²) in [5.74, 6) is 0. The Kier molecular flexibility index (Phi) is 4.88. The molecule has 8 nitrogen and oxygen atoms in total. The minimum atomic E-state index is -3.99. The van der Waals surface area contributed by atoms with Crippen molar-refractivity contribution in [2.75, 3.05) is 4.31 Å². The van der Waals surface area contributed by atoms with Gasteiger partial charge < -0.3 is 0 Å². The van der Waals surface area contributed by atoms with Crippen molar-refractivity contribution in [3.05, 3.63) is 62.4 Å². The molecule has 3 rings (SSSR count). The molecule has 0 aliphatic rings. The van der Waals surface area contributed by atoms with Gasteiger partial charge in [-0.3, -0.25) is 18.7 Å². The standard InChI is InChI=1S/C19H22N4O4S/c1-11(2)23(16-8-12(3)6-7-13(16)4)28(26,27)14-9-15-17(20-10-14)22(5)19(25)21-18(15)24/h6-11H,1-5H3,(H,21,24,25). The molecule has 28 heavy (non-hydrogen) atoms. The van der Waals surface area contributed by atoms with Crippen LogP contribution in [0.4, 0.5) is 5.69 Å². The molecule has 0 saturated heterocycles. The normalized spacial score (nSPS) is 11.9. The van der Waals surface area contributed by atoms with Crippen LogP contribution in [0.2, 0.25) is 0 Å². The third kappa shape index (κ3) is 3.22. The first-order valence-corrected chi connectivity index (χ1v) is 10.2. The van der Waals surface area contributed by atoms with E-state index in [0.717, 1.165) is 15.7 Å². The van der Waals surface area contributed by atoms with E-state index in [1.54, 1.807) is 13.8 Å². The van der Waals surface area contributed by atoms with Crippen molar-refractivity contribution < 1.29 is 8.42 Å². The van der Waals surface area contributed by atoms with Crippen molar-refractivity contribution in [3.8, 4) is 0 Å². The molecule has 0 unspecified atom stereocenters. The Hall–Kier alpha value is -2.94. The monoisotopic (exact) mass is 402 g/mol. The quantitative estimate of drug-likeness (QED) is 0.717. The molecule has 0 saturated carbocycles. The molecule has 1 N–H and O–H groups in total. The predicted molar refractivity (Wildman–Crippen MR) is 108 cm³/mol. The number of pyridine rings is 1. The molecular formula is C19H22N4O4S. The van der Waals surface area contributed by atoms with Crippen LogP contribution in [-0.2, 0) is 17.1 Å². The van der Waals surface area contributed by atoms with E-state index in [2.05, 4.69) is 9.97 Å². The number of aryl methyl sites for hydroxylation is 3. The maximum absolute atomic E-state index is 13.4. The highest BCUT2D eigenvalue weighted by atomic mass is 32.2. The molecule has 0 amide bonds. The Morgan fingerprint density at radius 3 is 2.46 bits per heavy atom. The van der Waals surface area contributed by atoms with E-state index >= 15 is 0 Å². The van der Waals surface area contributed by atoms with Crippen LogP contribution in [0.25, 0.3) is 11.0 Å². The van der Waals surface area contributed by atoms with Crippen LogP contribution in [0.3, 0.4) is 0 Å². The lowest BCUT2D eigenvalue weighted by Crippen LogP contribution is -2.38. The summed E-state index contributed by atoms with van der Waals surface area (Å²) in [4.78, 5) is 30.0. The van der Waals surface area contributed by atoms with Crippen molar-refractivity contribution in [1.82, 2.24) is 14.5 Å². The highest BCUT2D eigenvalue weighted by Crippen LogP contribution is 2.30. The van der Waals surface area contributed by atoms with E-state index in [4.69, 9.17) is 0 Å². The maximum atomic E-state index is 13.4. The second-order valence-electron chi connectivity index (χ2n) is 7.05.